The van der Waals surface area contributed by atoms with Gasteiger partial charge in [0, 0.05) is 5.57 Å². The second-order valence-electron chi connectivity index (χ2n) is 3.42. The number of ether oxygens (including phenoxy) is 1. The molecule has 0 bridgehead atoms. The Morgan fingerprint density at radius 1 is 1.00 bits per heavy atom. The molecule has 0 unspecified atom stereocenters. The highest BCUT2D eigenvalue weighted by atomic mass is 16.5. The van der Waals surface area contributed by atoms with E-state index in [2.05, 4.69) is 11.3 Å². The lowest BCUT2D eigenvalue weighted by molar-refractivity contribution is -0.139. The molecule has 0 saturated heterocycles. The Bertz CT molecular complexity index is 270. The molecule has 0 fully saturated rings. The van der Waals surface area contributed by atoms with Crippen molar-refractivity contribution in [3.63, 3.8) is 0 Å². The Kier molecular flexibility index (Phi) is 20.1. The van der Waals surface area contributed by atoms with Crippen molar-refractivity contribution in [1.82, 2.24) is 0 Å². The largest absolute Gasteiger partial charge is 0.481 e. The fraction of sp³-hybridized carbons (Fsp3) is 0.583. The van der Waals surface area contributed by atoms with Crippen molar-refractivity contribution in [1.29, 1.82) is 0 Å². The van der Waals surface area contributed by atoms with E-state index in [-0.39, 0.29) is 31.0 Å². The van der Waals surface area contributed by atoms with Crippen molar-refractivity contribution < 1.29 is 39.5 Å². The van der Waals surface area contributed by atoms with Gasteiger partial charge in [0.1, 0.15) is 12.2 Å². The van der Waals surface area contributed by atoms with E-state index in [9.17, 15) is 14.4 Å². The van der Waals surface area contributed by atoms with Gasteiger partial charge in [-0.2, -0.15) is 0 Å². The maximum Gasteiger partial charge on any atom is 0.330 e. The molecule has 0 rings (SSSR count). The Labute approximate surface area is 117 Å². The van der Waals surface area contributed by atoms with Crippen molar-refractivity contribution in [3.05, 3.63) is 12.2 Å². The first-order chi connectivity index (χ1) is 9.18. The molecule has 118 valence electrons. The van der Waals surface area contributed by atoms with Gasteiger partial charge >= 0.3 is 11.9 Å². The van der Waals surface area contributed by atoms with Gasteiger partial charge in [0.25, 0.3) is 0 Å². The van der Waals surface area contributed by atoms with Crippen LogP contribution < -0.4 is 0 Å². The second-order valence-corrected chi connectivity index (χ2v) is 3.42. The van der Waals surface area contributed by atoms with E-state index in [1.165, 1.54) is 13.8 Å². The molecule has 0 radical (unpaired) electrons. The zero-order chi connectivity index (χ0) is 16.6. The zero-order valence-corrected chi connectivity index (χ0v) is 11.7. The van der Waals surface area contributed by atoms with Crippen LogP contribution in [0.25, 0.3) is 0 Å². The number of carbonyl (C=O) groups is 3. The standard InChI is InChI=1S/C4H10O3.C4H6O3.C4H6O2/c5-1-3-7-4-2-6;1-3(5)2-4(6)7;1-3(2)4(5)6/h5-6H,1-4H2;2H2,1H3,(H,6,7);1H2,2H3,(H,5,6). The maximum atomic E-state index is 9.87. The molecule has 0 spiro atoms. The number of Topliss-reactive ketones (excluding diaryl/α,β-unsaturated/α-hetero) is 1. The van der Waals surface area contributed by atoms with Gasteiger partial charge in [-0.1, -0.05) is 6.58 Å². The van der Waals surface area contributed by atoms with Crippen molar-refractivity contribution >= 4 is 17.7 Å². The molecular weight excluding hydrogens is 272 g/mol. The van der Waals surface area contributed by atoms with Gasteiger partial charge < -0.3 is 25.2 Å². The van der Waals surface area contributed by atoms with E-state index in [0.717, 1.165) is 0 Å². The molecule has 0 aliphatic heterocycles. The predicted molar refractivity (Wildman–Crippen MR) is 70.4 cm³/mol. The number of aliphatic hydroxyl groups is 2. The van der Waals surface area contributed by atoms with E-state index in [4.69, 9.17) is 20.4 Å². The van der Waals surface area contributed by atoms with Crippen molar-refractivity contribution in [2.75, 3.05) is 26.4 Å². The fourth-order valence-electron chi connectivity index (χ4n) is 0.444. The lowest BCUT2D eigenvalue weighted by atomic mass is 10.3. The van der Waals surface area contributed by atoms with E-state index in [1.54, 1.807) is 0 Å². The summed E-state index contributed by atoms with van der Waals surface area (Å²) in [6.07, 6.45) is -0.361. The van der Waals surface area contributed by atoms with Crippen LogP contribution in [0.5, 0.6) is 0 Å². The highest BCUT2D eigenvalue weighted by Crippen LogP contribution is 1.81. The van der Waals surface area contributed by atoms with Crippen LogP contribution in [0.15, 0.2) is 12.2 Å². The number of carboxylic acids is 2. The number of hydrogen-bond donors (Lipinski definition) is 4. The van der Waals surface area contributed by atoms with Gasteiger partial charge in [-0.05, 0) is 13.8 Å². The number of aliphatic hydroxyl groups excluding tert-OH is 2. The normalized spacial score (nSPS) is 8.40. The molecule has 4 N–H and O–H groups in total. The summed E-state index contributed by atoms with van der Waals surface area (Å²) in [6.45, 7) is 6.54. The van der Waals surface area contributed by atoms with E-state index >= 15 is 0 Å². The van der Waals surface area contributed by atoms with E-state index in [1.807, 2.05) is 0 Å². The summed E-state index contributed by atoms with van der Waals surface area (Å²) in [6, 6.07) is 0. The minimum Gasteiger partial charge on any atom is -0.481 e. The number of ketones is 1. The fourth-order valence-corrected chi connectivity index (χ4v) is 0.444. The van der Waals surface area contributed by atoms with Crippen LogP contribution in [0.2, 0.25) is 0 Å². The monoisotopic (exact) mass is 294 g/mol. The zero-order valence-electron chi connectivity index (χ0n) is 11.7. The molecule has 8 nitrogen and oxygen atoms in total. The van der Waals surface area contributed by atoms with Crippen LogP contribution in [-0.4, -0.2) is 64.6 Å². The smallest absolute Gasteiger partial charge is 0.330 e. The van der Waals surface area contributed by atoms with E-state index in [0.29, 0.717) is 13.2 Å². The maximum absolute atomic E-state index is 9.87. The minimum absolute atomic E-state index is 0.0278. The molecule has 0 saturated carbocycles. The number of rotatable bonds is 7. The Morgan fingerprint density at radius 3 is 1.45 bits per heavy atom. The number of aliphatic carboxylic acids is 2. The van der Waals surface area contributed by atoms with Crippen LogP contribution in [0.3, 0.4) is 0 Å². The molecule has 0 atom stereocenters. The summed E-state index contributed by atoms with van der Waals surface area (Å²) in [5.74, 6) is -2.31. The Balaban J connectivity index is -0.000000218. The Morgan fingerprint density at radius 2 is 1.35 bits per heavy atom. The molecular formula is C12H22O8. The van der Waals surface area contributed by atoms with Crippen molar-refractivity contribution in [2.45, 2.75) is 20.3 Å². The first-order valence-corrected chi connectivity index (χ1v) is 5.58. The lowest BCUT2D eigenvalue weighted by Crippen LogP contribution is -2.03. The third kappa shape index (κ3) is 36.0. The number of hydrogen-bond acceptors (Lipinski definition) is 6. The van der Waals surface area contributed by atoms with Crippen LogP contribution in [0.4, 0.5) is 0 Å². The van der Waals surface area contributed by atoms with Gasteiger partial charge in [0.15, 0.2) is 0 Å². The summed E-state index contributed by atoms with van der Waals surface area (Å²) in [7, 11) is 0. The quantitative estimate of drug-likeness (QED) is 0.284. The minimum atomic E-state index is -1.06. The summed E-state index contributed by atoms with van der Waals surface area (Å²) < 4.78 is 4.63. The SMILES string of the molecule is C=C(C)C(=O)O.CC(=O)CC(=O)O.OCCOCCO. The van der Waals surface area contributed by atoms with Crippen molar-refractivity contribution in [3.8, 4) is 0 Å². The summed E-state index contributed by atoms with van der Waals surface area (Å²) in [5, 5.41) is 31.9. The molecule has 8 heteroatoms. The highest BCUT2D eigenvalue weighted by molar-refractivity contribution is 5.93. The Hall–Kier alpha value is -1.77. The molecule has 0 heterocycles. The van der Waals surface area contributed by atoms with Crippen LogP contribution in [0.1, 0.15) is 20.3 Å². The van der Waals surface area contributed by atoms with Gasteiger partial charge in [-0.15, -0.1) is 0 Å². The van der Waals surface area contributed by atoms with E-state index < -0.39 is 11.9 Å². The molecule has 0 amide bonds. The first-order valence-electron chi connectivity index (χ1n) is 5.58. The molecule has 0 aliphatic rings. The second kappa shape index (κ2) is 17.2. The third-order valence-corrected chi connectivity index (χ3v) is 1.24. The topological polar surface area (TPSA) is 141 Å². The lowest BCUT2D eigenvalue weighted by Gasteiger charge is -1.94. The summed E-state index contributed by atoms with van der Waals surface area (Å²) in [4.78, 5) is 29.1. The van der Waals surface area contributed by atoms with Gasteiger partial charge in [-0.3, -0.25) is 9.59 Å². The average molecular weight is 294 g/mol. The number of carboxylic acid groups (broad SMARTS) is 2. The molecule has 0 aromatic heterocycles. The summed E-state index contributed by atoms with van der Waals surface area (Å²) >= 11 is 0. The van der Waals surface area contributed by atoms with Gasteiger partial charge in [-0.25, -0.2) is 4.79 Å². The van der Waals surface area contributed by atoms with Crippen molar-refractivity contribution in [2.24, 2.45) is 0 Å². The molecule has 0 aromatic rings. The van der Waals surface area contributed by atoms with Crippen LogP contribution >= 0.6 is 0 Å². The molecule has 0 aliphatic carbocycles. The van der Waals surface area contributed by atoms with Gasteiger partial charge in [0.2, 0.25) is 0 Å². The first kappa shape index (κ1) is 23.3. The molecule has 20 heavy (non-hydrogen) atoms. The molecule has 0 aromatic carbocycles. The predicted octanol–water partition coefficient (Wildman–Crippen LogP) is -0.315. The highest BCUT2D eigenvalue weighted by Gasteiger charge is 1.98. The van der Waals surface area contributed by atoms with Crippen LogP contribution in [0, 0.1) is 0 Å². The van der Waals surface area contributed by atoms with Gasteiger partial charge in [0.05, 0.1) is 26.4 Å². The number of carbonyl (C=O) groups excluding carboxylic acids is 1. The summed E-state index contributed by atoms with van der Waals surface area (Å²) in [5.41, 5.74) is 0.176. The van der Waals surface area contributed by atoms with Crippen LogP contribution in [-0.2, 0) is 19.1 Å². The average Bonchev–Trinajstić information content (AvgIpc) is 2.29. The third-order valence-electron chi connectivity index (χ3n) is 1.24.